The maximum atomic E-state index is 11.1. The van der Waals surface area contributed by atoms with Crippen LogP contribution in [0.4, 0.5) is 0 Å². The van der Waals surface area contributed by atoms with E-state index in [9.17, 15) is 4.79 Å². The molecule has 0 bridgehead atoms. The lowest BCUT2D eigenvalue weighted by atomic mass is 9.98. The van der Waals surface area contributed by atoms with Crippen molar-refractivity contribution in [2.45, 2.75) is 19.4 Å². The quantitative estimate of drug-likeness (QED) is 0.893. The lowest BCUT2D eigenvalue weighted by Crippen LogP contribution is -2.38. The molecule has 1 aliphatic heterocycles. The molecular weight excluding hydrogens is 258 g/mol. The third kappa shape index (κ3) is 3.42. The van der Waals surface area contributed by atoms with Gasteiger partial charge in [0.1, 0.15) is 0 Å². The van der Waals surface area contributed by atoms with Crippen molar-refractivity contribution in [1.29, 1.82) is 0 Å². The van der Waals surface area contributed by atoms with Crippen molar-refractivity contribution in [2.24, 2.45) is 5.92 Å². The van der Waals surface area contributed by atoms with Crippen LogP contribution < -0.4 is 9.47 Å². The summed E-state index contributed by atoms with van der Waals surface area (Å²) < 4.78 is 10.5. The number of piperidine rings is 1. The van der Waals surface area contributed by atoms with Gasteiger partial charge in [0.25, 0.3) is 0 Å². The number of nitrogens with zero attached hydrogens (tertiary/aromatic N) is 1. The van der Waals surface area contributed by atoms with E-state index < -0.39 is 5.97 Å². The number of carboxylic acids is 1. The number of aliphatic carboxylic acids is 1. The summed E-state index contributed by atoms with van der Waals surface area (Å²) in [5.74, 6) is 0.473. The molecule has 5 nitrogen and oxygen atoms in total. The van der Waals surface area contributed by atoms with Crippen LogP contribution in [0.2, 0.25) is 0 Å². The maximum Gasteiger partial charge on any atom is 0.307 e. The zero-order chi connectivity index (χ0) is 14.5. The van der Waals surface area contributed by atoms with Gasteiger partial charge in [-0.15, -0.1) is 0 Å². The second-order valence-corrected chi connectivity index (χ2v) is 5.10. The Labute approximate surface area is 119 Å². The molecule has 1 saturated heterocycles. The summed E-state index contributed by atoms with van der Waals surface area (Å²) in [6.45, 7) is 2.30. The molecule has 0 spiro atoms. The normalized spacial score (nSPS) is 19.6. The monoisotopic (exact) mass is 279 g/mol. The fourth-order valence-electron chi connectivity index (χ4n) is 2.64. The Morgan fingerprint density at radius 2 is 2.10 bits per heavy atom. The van der Waals surface area contributed by atoms with Gasteiger partial charge in [0.05, 0.1) is 20.1 Å². The van der Waals surface area contributed by atoms with Gasteiger partial charge < -0.3 is 14.6 Å². The van der Waals surface area contributed by atoms with E-state index in [2.05, 4.69) is 4.90 Å². The molecule has 20 heavy (non-hydrogen) atoms. The number of ether oxygens (including phenoxy) is 2. The van der Waals surface area contributed by atoms with E-state index in [1.807, 2.05) is 18.2 Å². The fraction of sp³-hybridized carbons (Fsp3) is 0.533. The van der Waals surface area contributed by atoms with Crippen LogP contribution in [0.3, 0.4) is 0 Å². The van der Waals surface area contributed by atoms with Crippen LogP contribution >= 0.6 is 0 Å². The molecule has 1 N–H and O–H groups in total. The van der Waals surface area contributed by atoms with Crippen LogP contribution in [-0.4, -0.2) is 43.3 Å². The molecular formula is C15H21NO4. The Kier molecular flexibility index (Phi) is 4.84. The van der Waals surface area contributed by atoms with E-state index in [4.69, 9.17) is 14.6 Å². The number of carbonyl (C=O) groups is 1. The predicted molar refractivity (Wildman–Crippen MR) is 75.2 cm³/mol. The first-order valence-corrected chi connectivity index (χ1v) is 6.80. The largest absolute Gasteiger partial charge is 0.493 e. The third-order valence-electron chi connectivity index (χ3n) is 3.71. The van der Waals surface area contributed by atoms with Gasteiger partial charge in [-0.3, -0.25) is 9.69 Å². The van der Waals surface area contributed by atoms with Gasteiger partial charge >= 0.3 is 5.97 Å². The van der Waals surface area contributed by atoms with Gasteiger partial charge in [0, 0.05) is 13.1 Å². The molecule has 1 aromatic rings. The molecule has 0 aliphatic carbocycles. The summed E-state index contributed by atoms with van der Waals surface area (Å²) in [6.07, 6.45) is 1.71. The average molecular weight is 279 g/mol. The van der Waals surface area contributed by atoms with Crippen molar-refractivity contribution in [1.82, 2.24) is 4.90 Å². The highest BCUT2D eigenvalue weighted by Crippen LogP contribution is 2.28. The van der Waals surface area contributed by atoms with Crippen molar-refractivity contribution in [3.8, 4) is 11.5 Å². The zero-order valence-corrected chi connectivity index (χ0v) is 12.0. The molecule has 0 aromatic heterocycles. The predicted octanol–water partition coefficient (Wildman–Crippen LogP) is 2.00. The summed E-state index contributed by atoms with van der Waals surface area (Å²) in [5, 5.41) is 9.11. The van der Waals surface area contributed by atoms with Crippen LogP contribution in [0.1, 0.15) is 18.4 Å². The number of hydrogen-bond acceptors (Lipinski definition) is 4. The van der Waals surface area contributed by atoms with E-state index in [0.29, 0.717) is 18.0 Å². The number of carboxylic acid groups (broad SMARTS) is 1. The van der Waals surface area contributed by atoms with Gasteiger partial charge in [-0.05, 0) is 37.1 Å². The van der Waals surface area contributed by atoms with Crippen LogP contribution in [0.15, 0.2) is 18.2 Å². The SMILES string of the molecule is COc1ccc(CN2CCC[C@H](C(=O)O)C2)cc1OC. The second kappa shape index (κ2) is 6.61. The molecule has 5 heteroatoms. The molecule has 1 aliphatic rings. The summed E-state index contributed by atoms with van der Waals surface area (Å²) in [4.78, 5) is 13.3. The molecule has 1 fully saturated rings. The smallest absolute Gasteiger partial charge is 0.307 e. The Hall–Kier alpha value is -1.75. The van der Waals surface area contributed by atoms with E-state index in [1.165, 1.54) is 0 Å². The number of benzene rings is 1. The summed E-state index contributed by atoms with van der Waals surface area (Å²) in [6, 6.07) is 5.82. The third-order valence-corrected chi connectivity index (χ3v) is 3.71. The molecule has 1 aromatic carbocycles. The highest BCUT2D eigenvalue weighted by atomic mass is 16.5. The van der Waals surface area contributed by atoms with Crippen LogP contribution in [0.5, 0.6) is 11.5 Å². The van der Waals surface area contributed by atoms with Crippen molar-refractivity contribution in [3.63, 3.8) is 0 Å². The van der Waals surface area contributed by atoms with Gasteiger partial charge in [-0.1, -0.05) is 6.07 Å². The number of likely N-dealkylation sites (tertiary alicyclic amines) is 1. The first kappa shape index (κ1) is 14.7. The van der Waals surface area contributed by atoms with Gasteiger partial charge in [0.15, 0.2) is 11.5 Å². The minimum atomic E-state index is -0.693. The number of methoxy groups -OCH3 is 2. The van der Waals surface area contributed by atoms with Crippen LogP contribution in [-0.2, 0) is 11.3 Å². The lowest BCUT2D eigenvalue weighted by Gasteiger charge is -2.30. The number of hydrogen-bond donors (Lipinski definition) is 1. The molecule has 2 rings (SSSR count). The van der Waals surface area contributed by atoms with Crippen LogP contribution in [0, 0.1) is 5.92 Å². The minimum Gasteiger partial charge on any atom is -0.493 e. The first-order valence-electron chi connectivity index (χ1n) is 6.80. The second-order valence-electron chi connectivity index (χ2n) is 5.10. The van der Waals surface area contributed by atoms with Gasteiger partial charge in [0.2, 0.25) is 0 Å². The molecule has 1 atom stereocenters. The van der Waals surface area contributed by atoms with Gasteiger partial charge in [-0.25, -0.2) is 0 Å². The fourth-order valence-corrected chi connectivity index (χ4v) is 2.64. The molecule has 1 heterocycles. The highest BCUT2D eigenvalue weighted by Gasteiger charge is 2.25. The van der Waals surface area contributed by atoms with Crippen molar-refractivity contribution >= 4 is 5.97 Å². The standard InChI is InChI=1S/C15H21NO4/c1-19-13-6-5-11(8-14(13)20-2)9-16-7-3-4-12(10-16)15(17)18/h5-6,8,12H,3-4,7,9-10H2,1-2H3,(H,17,18)/t12-/m0/s1. The Bertz CT molecular complexity index is 475. The maximum absolute atomic E-state index is 11.1. The molecule has 0 radical (unpaired) electrons. The summed E-state index contributed by atoms with van der Waals surface area (Å²) >= 11 is 0. The highest BCUT2D eigenvalue weighted by molar-refractivity contribution is 5.70. The number of rotatable bonds is 5. The Morgan fingerprint density at radius 3 is 2.75 bits per heavy atom. The van der Waals surface area contributed by atoms with E-state index in [0.717, 1.165) is 31.5 Å². The van der Waals surface area contributed by atoms with Crippen molar-refractivity contribution in [2.75, 3.05) is 27.3 Å². The van der Waals surface area contributed by atoms with E-state index >= 15 is 0 Å². The van der Waals surface area contributed by atoms with E-state index in [-0.39, 0.29) is 5.92 Å². The Balaban J connectivity index is 2.04. The zero-order valence-electron chi connectivity index (χ0n) is 12.0. The Morgan fingerprint density at radius 1 is 1.35 bits per heavy atom. The topological polar surface area (TPSA) is 59.0 Å². The van der Waals surface area contributed by atoms with Crippen molar-refractivity contribution < 1.29 is 19.4 Å². The lowest BCUT2D eigenvalue weighted by molar-refractivity contribution is -0.143. The van der Waals surface area contributed by atoms with Crippen LogP contribution in [0.25, 0.3) is 0 Å². The average Bonchev–Trinajstić information content (AvgIpc) is 2.47. The minimum absolute atomic E-state index is 0.246. The summed E-state index contributed by atoms with van der Waals surface area (Å²) in [7, 11) is 3.22. The molecule has 0 unspecified atom stereocenters. The summed E-state index contributed by atoms with van der Waals surface area (Å²) in [5.41, 5.74) is 1.11. The molecule has 110 valence electrons. The van der Waals surface area contributed by atoms with Gasteiger partial charge in [-0.2, -0.15) is 0 Å². The molecule has 0 amide bonds. The first-order chi connectivity index (χ1) is 9.63. The van der Waals surface area contributed by atoms with Crippen molar-refractivity contribution in [3.05, 3.63) is 23.8 Å². The van der Waals surface area contributed by atoms with E-state index in [1.54, 1.807) is 14.2 Å². The molecule has 0 saturated carbocycles.